The van der Waals surface area contributed by atoms with E-state index in [9.17, 15) is 5.11 Å². The third kappa shape index (κ3) is 8.86. The molecule has 1 aliphatic rings. The zero-order chi connectivity index (χ0) is 15.6. The molecule has 0 saturated heterocycles. The van der Waals surface area contributed by atoms with E-state index in [1.54, 1.807) is 0 Å². The Labute approximate surface area is 133 Å². The lowest BCUT2D eigenvalue weighted by Gasteiger charge is -2.37. The molecule has 1 aliphatic carbocycles. The van der Waals surface area contributed by atoms with Crippen LogP contribution in [-0.4, -0.2) is 10.7 Å². The quantitative estimate of drug-likeness (QED) is 0.432. The molecule has 2 atom stereocenters. The van der Waals surface area contributed by atoms with E-state index >= 15 is 0 Å². The highest BCUT2D eigenvalue weighted by Crippen LogP contribution is 2.38. The lowest BCUT2D eigenvalue weighted by atomic mass is 9.73. The minimum Gasteiger partial charge on any atom is -0.390 e. The topological polar surface area (TPSA) is 20.2 Å². The molecular formula is C20H40O. The number of hydrogen-bond donors (Lipinski definition) is 1. The van der Waals surface area contributed by atoms with Crippen LogP contribution in [0.1, 0.15) is 111 Å². The average Bonchev–Trinajstić information content (AvgIpc) is 2.41. The van der Waals surface area contributed by atoms with Crippen LogP contribution in [0, 0.1) is 11.8 Å². The van der Waals surface area contributed by atoms with E-state index in [0.717, 1.165) is 31.1 Å². The van der Waals surface area contributed by atoms with Crippen molar-refractivity contribution in [2.75, 3.05) is 0 Å². The van der Waals surface area contributed by atoms with Gasteiger partial charge in [-0.1, -0.05) is 85.0 Å². The van der Waals surface area contributed by atoms with Gasteiger partial charge >= 0.3 is 0 Å². The van der Waals surface area contributed by atoms with Crippen LogP contribution in [0.5, 0.6) is 0 Å². The van der Waals surface area contributed by atoms with Gasteiger partial charge in [-0.15, -0.1) is 0 Å². The highest BCUT2D eigenvalue weighted by atomic mass is 16.3. The van der Waals surface area contributed by atoms with Crippen LogP contribution in [-0.2, 0) is 0 Å². The van der Waals surface area contributed by atoms with E-state index in [0.29, 0.717) is 0 Å². The van der Waals surface area contributed by atoms with Crippen LogP contribution < -0.4 is 0 Å². The molecule has 0 aromatic carbocycles. The molecule has 1 nitrogen and oxygen atoms in total. The fourth-order valence-corrected chi connectivity index (χ4v) is 4.14. The van der Waals surface area contributed by atoms with E-state index in [2.05, 4.69) is 20.8 Å². The van der Waals surface area contributed by atoms with Crippen molar-refractivity contribution in [3.63, 3.8) is 0 Å². The van der Waals surface area contributed by atoms with E-state index < -0.39 is 0 Å². The number of aliphatic hydroxyl groups is 1. The van der Waals surface area contributed by atoms with Crippen LogP contribution in [0.4, 0.5) is 0 Å². The van der Waals surface area contributed by atoms with Crippen molar-refractivity contribution in [1.82, 2.24) is 0 Å². The van der Waals surface area contributed by atoms with Gasteiger partial charge < -0.3 is 5.11 Å². The maximum Gasteiger partial charge on any atom is 0.0650 e. The molecule has 0 aromatic heterocycles. The van der Waals surface area contributed by atoms with Gasteiger partial charge in [0.25, 0.3) is 0 Å². The lowest BCUT2D eigenvalue weighted by molar-refractivity contribution is -0.0281. The second kappa shape index (κ2) is 10.6. The van der Waals surface area contributed by atoms with Crippen LogP contribution in [0.2, 0.25) is 0 Å². The first-order chi connectivity index (χ1) is 10.1. The molecule has 0 heterocycles. The summed E-state index contributed by atoms with van der Waals surface area (Å²) in [7, 11) is 0. The predicted molar refractivity (Wildman–Crippen MR) is 93.6 cm³/mol. The summed E-state index contributed by atoms with van der Waals surface area (Å²) in [5, 5.41) is 10.8. The monoisotopic (exact) mass is 296 g/mol. The fourth-order valence-electron chi connectivity index (χ4n) is 4.14. The molecule has 21 heavy (non-hydrogen) atoms. The summed E-state index contributed by atoms with van der Waals surface area (Å²) in [6.07, 6.45) is 18.0. The molecular weight excluding hydrogens is 256 g/mol. The van der Waals surface area contributed by atoms with Crippen molar-refractivity contribution in [1.29, 1.82) is 0 Å². The standard InChI is InChI=1S/C20H40O/c1-4-5-6-7-8-9-10-11-14-20(21)15-12-13-19(17-20)16-18(2)3/h18-19,21H,4-17H2,1-3H3. The molecule has 2 unspecified atom stereocenters. The molecule has 1 saturated carbocycles. The first-order valence-electron chi connectivity index (χ1n) is 9.78. The summed E-state index contributed by atoms with van der Waals surface area (Å²) in [6.45, 7) is 6.90. The van der Waals surface area contributed by atoms with E-state index in [1.165, 1.54) is 70.6 Å². The molecule has 0 bridgehead atoms. The maximum absolute atomic E-state index is 10.8. The van der Waals surface area contributed by atoms with Crippen LogP contribution >= 0.6 is 0 Å². The van der Waals surface area contributed by atoms with Crippen molar-refractivity contribution in [3.8, 4) is 0 Å². The first-order valence-corrected chi connectivity index (χ1v) is 9.78. The van der Waals surface area contributed by atoms with Crippen molar-refractivity contribution < 1.29 is 5.11 Å². The zero-order valence-electron chi connectivity index (χ0n) is 15.0. The van der Waals surface area contributed by atoms with Gasteiger partial charge in [0.2, 0.25) is 0 Å². The average molecular weight is 297 g/mol. The number of rotatable bonds is 11. The Balaban J connectivity index is 2.09. The molecule has 0 radical (unpaired) electrons. The van der Waals surface area contributed by atoms with Gasteiger partial charge in [-0.05, 0) is 37.5 Å². The Morgan fingerprint density at radius 1 is 1.00 bits per heavy atom. The maximum atomic E-state index is 10.8. The fraction of sp³-hybridized carbons (Fsp3) is 1.00. The van der Waals surface area contributed by atoms with E-state index in [4.69, 9.17) is 0 Å². The Hall–Kier alpha value is -0.0400. The summed E-state index contributed by atoms with van der Waals surface area (Å²) in [4.78, 5) is 0. The largest absolute Gasteiger partial charge is 0.390 e. The van der Waals surface area contributed by atoms with Gasteiger partial charge in [0.05, 0.1) is 5.60 Å². The highest BCUT2D eigenvalue weighted by Gasteiger charge is 2.33. The molecule has 0 aromatic rings. The summed E-state index contributed by atoms with van der Waals surface area (Å²) in [5.41, 5.74) is -0.319. The van der Waals surface area contributed by atoms with Crippen molar-refractivity contribution in [2.24, 2.45) is 11.8 Å². The Bertz CT molecular complexity index is 248. The summed E-state index contributed by atoms with van der Waals surface area (Å²) in [6, 6.07) is 0. The second-order valence-electron chi connectivity index (χ2n) is 8.04. The lowest BCUT2D eigenvalue weighted by Crippen LogP contribution is -2.35. The number of unbranched alkanes of at least 4 members (excludes halogenated alkanes) is 7. The SMILES string of the molecule is CCCCCCCCCCC1(O)CCCC(CC(C)C)C1. The van der Waals surface area contributed by atoms with Crippen LogP contribution in [0.25, 0.3) is 0 Å². The molecule has 1 fully saturated rings. The van der Waals surface area contributed by atoms with Crippen molar-refractivity contribution in [2.45, 2.75) is 116 Å². The third-order valence-corrected chi connectivity index (χ3v) is 5.22. The van der Waals surface area contributed by atoms with Crippen molar-refractivity contribution >= 4 is 0 Å². The molecule has 0 spiro atoms. The normalized spacial score (nSPS) is 26.4. The van der Waals surface area contributed by atoms with Gasteiger partial charge in [0.1, 0.15) is 0 Å². The Morgan fingerprint density at radius 3 is 2.24 bits per heavy atom. The van der Waals surface area contributed by atoms with Gasteiger partial charge in [-0.2, -0.15) is 0 Å². The predicted octanol–water partition coefficient (Wildman–Crippen LogP) is 6.48. The molecule has 1 heteroatoms. The Morgan fingerprint density at radius 2 is 1.62 bits per heavy atom. The molecule has 1 N–H and O–H groups in total. The highest BCUT2D eigenvalue weighted by molar-refractivity contribution is 4.86. The third-order valence-electron chi connectivity index (χ3n) is 5.22. The Kier molecular flexibility index (Phi) is 9.64. The van der Waals surface area contributed by atoms with Gasteiger partial charge in [0, 0.05) is 0 Å². The van der Waals surface area contributed by atoms with E-state index in [1.807, 2.05) is 0 Å². The summed E-state index contributed by atoms with van der Waals surface area (Å²) in [5.74, 6) is 1.55. The van der Waals surface area contributed by atoms with E-state index in [-0.39, 0.29) is 5.60 Å². The van der Waals surface area contributed by atoms with Gasteiger partial charge in [-0.3, -0.25) is 0 Å². The molecule has 0 amide bonds. The molecule has 0 aliphatic heterocycles. The van der Waals surface area contributed by atoms with Crippen LogP contribution in [0.3, 0.4) is 0 Å². The minimum absolute atomic E-state index is 0.319. The van der Waals surface area contributed by atoms with Gasteiger partial charge in [-0.25, -0.2) is 0 Å². The van der Waals surface area contributed by atoms with Gasteiger partial charge in [0.15, 0.2) is 0 Å². The molecule has 126 valence electrons. The summed E-state index contributed by atoms with van der Waals surface area (Å²) >= 11 is 0. The zero-order valence-corrected chi connectivity index (χ0v) is 15.0. The second-order valence-corrected chi connectivity index (χ2v) is 8.04. The van der Waals surface area contributed by atoms with Crippen molar-refractivity contribution in [3.05, 3.63) is 0 Å². The first kappa shape index (κ1) is 19.0. The van der Waals surface area contributed by atoms with Crippen LogP contribution in [0.15, 0.2) is 0 Å². The smallest absolute Gasteiger partial charge is 0.0650 e. The number of hydrogen-bond acceptors (Lipinski definition) is 1. The molecule has 1 rings (SSSR count). The summed E-state index contributed by atoms with van der Waals surface area (Å²) < 4.78 is 0. The minimum atomic E-state index is -0.319.